The topological polar surface area (TPSA) is 124 Å². The predicted octanol–water partition coefficient (Wildman–Crippen LogP) is 2.51. The Balaban J connectivity index is 1.56. The lowest BCUT2D eigenvalue weighted by atomic mass is 10.2. The van der Waals surface area contributed by atoms with Gasteiger partial charge in [-0.05, 0) is 24.3 Å². The maximum Gasteiger partial charge on any atom is 0.257 e. The highest BCUT2D eigenvalue weighted by Crippen LogP contribution is 2.37. The average Bonchev–Trinajstić information content (AvgIpc) is 3.25. The number of carbonyl (C=O) groups is 2. The van der Waals surface area contributed by atoms with Gasteiger partial charge in [-0.3, -0.25) is 14.9 Å². The van der Waals surface area contributed by atoms with Crippen LogP contribution in [-0.2, 0) is 11.2 Å². The lowest BCUT2D eigenvalue weighted by Gasteiger charge is -2.12. The minimum atomic E-state index is -0.384. The van der Waals surface area contributed by atoms with Crippen molar-refractivity contribution in [3.63, 3.8) is 0 Å². The molecule has 0 spiro atoms. The maximum absolute atomic E-state index is 12.2. The number of nitrogens with one attached hydrogen (secondary N) is 2. The highest BCUT2D eigenvalue weighted by Gasteiger charge is 2.14. The van der Waals surface area contributed by atoms with E-state index >= 15 is 0 Å². The lowest BCUT2D eigenvalue weighted by molar-refractivity contribution is -0.120. The average molecular weight is 455 g/mol. The Bertz CT molecular complexity index is 1090. The van der Waals surface area contributed by atoms with Crippen LogP contribution in [0.2, 0.25) is 0 Å². The molecule has 1 heterocycles. The van der Waals surface area contributed by atoms with Crippen molar-refractivity contribution in [1.82, 2.24) is 15.6 Å². The van der Waals surface area contributed by atoms with Crippen LogP contribution in [0, 0.1) is 0 Å². The molecule has 0 saturated heterocycles. The SMILES string of the molecule is COc1cc(/C=N/NC(=O)Cc2nnc(NC(=O)c3ccccc3)s2)cc(OC)c1OC. The number of rotatable bonds is 9. The summed E-state index contributed by atoms with van der Waals surface area (Å²) in [6, 6.07) is 12.1. The van der Waals surface area contributed by atoms with Crippen LogP contribution in [0.25, 0.3) is 0 Å². The van der Waals surface area contributed by atoms with Crippen molar-refractivity contribution in [3.8, 4) is 17.2 Å². The first-order valence-electron chi connectivity index (χ1n) is 9.34. The standard InChI is InChI=1S/C21H21N5O5S/c1-29-15-9-13(10-16(30-2)19(15)31-3)12-22-24-17(27)11-18-25-26-21(32-18)23-20(28)14-7-5-4-6-8-14/h4-10,12H,11H2,1-3H3,(H,24,27)(H,23,26,28)/b22-12+. The molecular formula is C21H21N5O5S. The summed E-state index contributed by atoms with van der Waals surface area (Å²) in [5, 5.41) is 15.2. The van der Waals surface area contributed by atoms with E-state index in [1.54, 1.807) is 36.4 Å². The third-order valence-electron chi connectivity index (χ3n) is 4.12. The van der Waals surface area contributed by atoms with Crippen molar-refractivity contribution >= 4 is 34.5 Å². The second-order valence-corrected chi connectivity index (χ2v) is 7.31. The summed E-state index contributed by atoms with van der Waals surface area (Å²) < 4.78 is 15.8. The number of anilines is 1. The van der Waals surface area contributed by atoms with Crippen LogP contribution in [0.3, 0.4) is 0 Å². The number of nitrogens with zero attached hydrogens (tertiary/aromatic N) is 3. The summed E-state index contributed by atoms with van der Waals surface area (Å²) in [5.41, 5.74) is 3.57. The zero-order chi connectivity index (χ0) is 22.9. The van der Waals surface area contributed by atoms with Gasteiger partial charge in [-0.1, -0.05) is 29.5 Å². The monoisotopic (exact) mass is 455 g/mol. The molecule has 0 fully saturated rings. The molecule has 0 atom stereocenters. The van der Waals surface area contributed by atoms with Crippen molar-refractivity contribution in [3.05, 3.63) is 58.6 Å². The molecule has 0 unspecified atom stereocenters. The normalized spacial score (nSPS) is 10.6. The quantitative estimate of drug-likeness (QED) is 0.375. The Morgan fingerprint density at radius 1 is 1.03 bits per heavy atom. The zero-order valence-electron chi connectivity index (χ0n) is 17.6. The molecule has 0 saturated carbocycles. The minimum absolute atomic E-state index is 0.0362. The van der Waals surface area contributed by atoms with E-state index < -0.39 is 0 Å². The highest BCUT2D eigenvalue weighted by atomic mass is 32.1. The van der Waals surface area contributed by atoms with Gasteiger partial charge in [0.05, 0.1) is 34.0 Å². The number of hydrogen-bond donors (Lipinski definition) is 2. The Kier molecular flexibility index (Phi) is 7.70. The Morgan fingerprint density at radius 3 is 2.34 bits per heavy atom. The molecule has 0 aliphatic heterocycles. The van der Waals surface area contributed by atoms with Gasteiger partial charge >= 0.3 is 0 Å². The van der Waals surface area contributed by atoms with Gasteiger partial charge in [-0.25, -0.2) is 5.43 Å². The molecule has 10 nitrogen and oxygen atoms in total. The highest BCUT2D eigenvalue weighted by molar-refractivity contribution is 7.15. The lowest BCUT2D eigenvalue weighted by Crippen LogP contribution is -2.19. The second-order valence-electron chi connectivity index (χ2n) is 6.25. The zero-order valence-corrected chi connectivity index (χ0v) is 18.4. The smallest absolute Gasteiger partial charge is 0.257 e. The number of methoxy groups -OCH3 is 3. The van der Waals surface area contributed by atoms with E-state index in [1.165, 1.54) is 27.5 Å². The van der Waals surface area contributed by atoms with E-state index in [4.69, 9.17) is 14.2 Å². The minimum Gasteiger partial charge on any atom is -0.493 e. The fourth-order valence-electron chi connectivity index (χ4n) is 2.67. The van der Waals surface area contributed by atoms with Crippen molar-refractivity contribution in [1.29, 1.82) is 0 Å². The van der Waals surface area contributed by atoms with E-state index in [9.17, 15) is 9.59 Å². The molecule has 0 aliphatic rings. The van der Waals surface area contributed by atoms with E-state index in [0.29, 0.717) is 38.5 Å². The Labute approximate surface area is 188 Å². The molecule has 2 amide bonds. The second kappa shape index (κ2) is 10.9. The van der Waals surface area contributed by atoms with Crippen molar-refractivity contribution in [2.24, 2.45) is 5.10 Å². The van der Waals surface area contributed by atoms with E-state index in [-0.39, 0.29) is 18.2 Å². The van der Waals surface area contributed by atoms with Gasteiger partial charge in [-0.15, -0.1) is 10.2 Å². The number of hydrogen-bond acceptors (Lipinski definition) is 9. The van der Waals surface area contributed by atoms with Gasteiger partial charge in [0, 0.05) is 11.1 Å². The fraction of sp³-hybridized carbons (Fsp3) is 0.190. The van der Waals surface area contributed by atoms with Crippen LogP contribution in [-0.4, -0.2) is 49.6 Å². The third-order valence-corrected chi connectivity index (χ3v) is 4.96. The maximum atomic E-state index is 12.2. The van der Waals surface area contributed by atoms with E-state index in [1.807, 2.05) is 6.07 Å². The summed E-state index contributed by atoms with van der Waals surface area (Å²) in [6.45, 7) is 0. The van der Waals surface area contributed by atoms with Gasteiger partial charge in [0.1, 0.15) is 5.01 Å². The summed E-state index contributed by atoms with van der Waals surface area (Å²) in [4.78, 5) is 24.3. The Morgan fingerprint density at radius 2 is 1.72 bits per heavy atom. The molecule has 2 N–H and O–H groups in total. The van der Waals surface area contributed by atoms with Crippen LogP contribution in [0.5, 0.6) is 17.2 Å². The van der Waals surface area contributed by atoms with Crippen LogP contribution in [0.4, 0.5) is 5.13 Å². The number of amides is 2. The molecule has 2 aromatic carbocycles. The van der Waals surface area contributed by atoms with Gasteiger partial charge in [0.25, 0.3) is 5.91 Å². The van der Waals surface area contributed by atoms with Gasteiger partial charge in [0.15, 0.2) is 11.5 Å². The van der Waals surface area contributed by atoms with Crippen molar-refractivity contribution in [2.75, 3.05) is 26.6 Å². The first-order valence-corrected chi connectivity index (χ1v) is 10.2. The van der Waals surface area contributed by atoms with E-state index in [2.05, 4.69) is 26.0 Å². The number of ether oxygens (including phenoxy) is 3. The van der Waals surface area contributed by atoms with Crippen LogP contribution < -0.4 is 25.0 Å². The summed E-state index contributed by atoms with van der Waals surface area (Å²) in [6.07, 6.45) is 1.42. The molecule has 1 aromatic heterocycles. The van der Waals surface area contributed by atoms with Crippen LogP contribution >= 0.6 is 11.3 Å². The number of hydrazone groups is 1. The summed E-state index contributed by atoms with van der Waals surface area (Å²) in [7, 11) is 4.54. The molecule has 11 heteroatoms. The molecule has 0 aliphatic carbocycles. The predicted molar refractivity (Wildman–Crippen MR) is 120 cm³/mol. The molecule has 166 valence electrons. The van der Waals surface area contributed by atoms with Crippen molar-refractivity contribution < 1.29 is 23.8 Å². The first-order chi connectivity index (χ1) is 15.5. The van der Waals surface area contributed by atoms with Gasteiger partial charge in [-0.2, -0.15) is 5.10 Å². The van der Waals surface area contributed by atoms with Crippen molar-refractivity contribution in [2.45, 2.75) is 6.42 Å². The molecule has 3 aromatic rings. The molecule has 0 bridgehead atoms. The van der Waals surface area contributed by atoms with Crippen LogP contribution in [0.1, 0.15) is 20.9 Å². The molecule has 3 rings (SSSR count). The summed E-state index contributed by atoms with van der Waals surface area (Å²) in [5.74, 6) is 0.721. The molecule has 32 heavy (non-hydrogen) atoms. The third kappa shape index (κ3) is 5.79. The van der Waals surface area contributed by atoms with Gasteiger partial charge < -0.3 is 14.2 Å². The fourth-order valence-corrected chi connectivity index (χ4v) is 3.40. The van der Waals surface area contributed by atoms with E-state index in [0.717, 1.165) is 11.3 Å². The summed E-state index contributed by atoms with van der Waals surface area (Å²) >= 11 is 1.11. The molecule has 0 radical (unpaired) electrons. The number of benzene rings is 2. The van der Waals surface area contributed by atoms with Gasteiger partial charge in [0.2, 0.25) is 16.8 Å². The number of carbonyl (C=O) groups excluding carboxylic acids is 2. The van der Waals surface area contributed by atoms with Crippen LogP contribution in [0.15, 0.2) is 47.6 Å². The number of aromatic nitrogens is 2. The largest absolute Gasteiger partial charge is 0.493 e. The first kappa shape index (κ1) is 22.7. The molecular weight excluding hydrogens is 434 g/mol. The Hall–Kier alpha value is -3.99.